The quantitative estimate of drug-likeness (QED) is 0.675. The number of thiocarbonyl (C=S) groups is 1. The number of rotatable bonds is 3. The molecule has 0 spiro atoms. The summed E-state index contributed by atoms with van der Waals surface area (Å²) in [4.78, 5) is 24.5. The molecule has 0 saturated carbocycles. The number of aliphatic carboxylic acids is 1. The van der Waals surface area contributed by atoms with Gasteiger partial charge in [0.05, 0.1) is 11.5 Å². The van der Waals surface area contributed by atoms with Crippen LogP contribution < -0.4 is 4.74 Å². The van der Waals surface area contributed by atoms with E-state index in [9.17, 15) is 9.59 Å². The normalized spacial score (nSPS) is 19.3. The highest BCUT2D eigenvalue weighted by Crippen LogP contribution is 2.33. The summed E-state index contributed by atoms with van der Waals surface area (Å²) in [5.41, 5.74) is 2.01. The largest absolute Gasteiger partial charge is 0.493 e. The van der Waals surface area contributed by atoms with E-state index in [0.29, 0.717) is 4.91 Å². The lowest BCUT2D eigenvalue weighted by Gasteiger charge is -2.17. The number of ether oxygens (including phenoxy) is 1. The van der Waals surface area contributed by atoms with E-state index in [2.05, 4.69) is 0 Å². The van der Waals surface area contributed by atoms with Crippen LogP contribution in [-0.2, 0) is 16.0 Å². The van der Waals surface area contributed by atoms with Gasteiger partial charge in [0, 0.05) is 0 Å². The summed E-state index contributed by atoms with van der Waals surface area (Å²) in [6.45, 7) is 0.334. The third-order valence-corrected chi connectivity index (χ3v) is 4.78. The maximum atomic E-state index is 12.2. The first-order valence-corrected chi connectivity index (χ1v) is 8.00. The fourth-order valence-electron chi connectivity index (χ4n) is 2.39. The minimum atomic E-state index is -1.08. The molecular weight excluding hydrogens is 322 g/mol. The Kier molecular flexibility index (Phi) is 4.17. The molecule has 0 unspecified atom stereocenters. The second-order valence-corrected chi connectivity index (χ2v) is 6.66. The van der Waals surface area contributed by atoms with E-state index in [-0.39, 0.29) is 10.2 Å². The van der Waals surface area contributed by atoms with Crippen LogP contribution in [0.4, 0.5) is 0 Å². The van der Waals surface area contributed by atoms with Crippen LogP contribution in [0.15, 0.2) is 23.1 Å². The van der Waals surface area contributed by atoms with Crippen LogP contribution in [-0.4, -0.2) is 39.4 Å². The van der Waals surface area contributed by atoms with Gasteiger partial charge in [-0.05, 0) is 42.2 Å². The first-order valence-electron chi connectivity index (χ1n) is 6.77. The third kappa shape index (κ3) is 3.00. The zero-order valence-corrected chi connectivity index (χ0v) is 13.2. The van der Waals surface area contributed by atoms with Crippen molar-refractivity contribution in [3.05, 3.63) is 34.2 Å². The molecule has 0 atom stereocenters. The predicted molar refractivity (Wildman–Crippen MR) is 87.8 cm³/mol. The topological polar surface area (TPSA) is 66.8 Å². The van der Waals surface area contributed by atoms with Crippen LogP contribution in [0, 0.1) is 0 Å². The lowest BCUT2D eigenvalue weighted by Crippen LogP contribution is -2.33. The van der Waals surface area contributed by atoms with Crippen LogP contribution in [0.25, 0.3) is 6.08 Å². The summed E-state index contributed by atoms with van der Waals surface area (Å²) in [5, 5.41) is 8.82. The predicted octanol–water partition coefficient (Wildman–Crippen LogP) is 2.30. The van der Waals surface area contributed by atoms with Crippen molar-refractivity contribution >= 4 is 46.3 Å². The lowest BCUT2D eigenvalue weighted by molar-refractivity contribution is -0.140. The zero-order chi connectivity index (χ0) is 15.7. The Morgan fingerprint density at radius 3 is 3.09 bits per heavy atom. The molecule has 0 bridgehead atoms. The number of carbonyl (C=O) groups excluding carboxylic acids is 1. The van der Waals surface area contributed by atoms with Crippen molar-refractivity contribution in [2.24, 2.45) is 0 Å². The average molecular weight is 335 g/mol. The van der Waals surface area contributed by atoms with E-state index in [1.165, 1.54) is 0 Å². The maximum Gasteiger partial charge on any atom is 0.323 e. The molecule has 0 aromatic heterocycles. The number of carboxylic acids is 1. The summed E-state index contributed by atoms with van der Waals surface area (Å²) in [5.74, 6) is -0.545. The van der Waals surface area contributed by atoms with Crippen molar-refractivity contribution in [1.82, 2.24) is 4.90 Å². The molecule has 2 heterocycles. The Morgan fingerprint density at radius 1 is 1.50 bits per heavy atom. The molecular formula is C15H13NO4S2. The van der Waals surface area contributed by atoms with E-state index in [0.717, 1.165) is 53.0 Å². The SMILES string of the molecule is O=C(O)CN1C(=O)/C(=C/c2ccc3c(c2)CCCO3)SC1=S. The van der Waals surface area contributed by atoms with E-state index >= 15 is 0 Å². The Morgan fingerprint density at radius 2 is 2.32 bits per heavy atom. The maximum absolute atomic E-state index is 12.2. The number of benzene rings is 1. The van der Waals surface area contributed by atoms with Crippen molar-refractivity contribution in [2.75, 3.05) is 13.2 Å². The Bertz CT molecular complexity index is 699. The molecule has 0 aliphatic carbocycles. The fraction of sp³-hybridized carbons (Fsp3) is 0.267. The highest BCUT2D eigenvalue weighted by molar-refractivity contribution is 8.26. The molecule has 1 aromatic carbocycles. The Labute approximate surface area is 136 Å². The second kappa shape index (κ2) is 6.10. The van der Waals surface area contributed by atoms with Crippen LogP contribution in [0.2, 0.25) is 0 Å². The van der Waals surface area contributed by atoms with Crippen molar-refractivity contribution < 1.29 is 19.4 Å². The minimum absolute atomic E-state index is 0.278. The fourth-order valence-corrected chi connectivity index (χ4v) is 3.65. The van der Waals surface area contributed by atoms with Gasteiger partial charge in [-0.2, -0.15) is 0 Å². The highest BCUT2D eigenvalue weighted by atomic mass is 32.2. The molecule has 0 radical (unpaired) electrons. The van der Waals surface area contributed by atoms with Crippen LogP contribution in [0.5, 0.6) is 5.75 Å². The van der Waals surface area contributed by atoms with Crippen molar-refractivity contribution in [2.45, 2.75) is 12.8 Å². The Hall–Kier alpha value is -1.86. The molecule has 1 aromatic rings. The number of carboxylic acid groups (broad SMARTS) is 1. The molecule has 1 saturated heterocycles. The van der Waals surface area contributed by atoms with Crippen molar-refractivity contribution in [3.63, 3.8) is 0 Å². The average Bonchev–Trinajstić information content (AvgIpc) is 2.74. The molecule has 3 rings (SSSR count). The van der Waals surface area contributed by atoms with Gasteiger partial charge in [-0.25, -0.2) is 0 Å². The number of thioether (sulfide) groups is 1. The van der Waals surface area contributed by atoms with Gasteiger partial charge in [0.1, 0.15) is 16.6 Å². The van der Waals surface area contributed by atoms with Gasteiger partial charge >= 0.3 is 5.97 Å². The van der Waals surface area contributed by atoms with Gasteiger partial charge in [-0.15, -0.1) is 0 Å². The third-order valence-electron chi connectivity index (χ3n) is 3.40. The van der Waals surface area contributed by atoms with Crippen molar-refractivity contribution in [3.8, 4) is 5.75 Å². The van der Waals surface area contributed by atoms with Gasteiger partial charge in [0.15, 0.2) is 0 Å². The van der Waals surface area contributed by atoms with Crippen LogP contribution >= 0.6 is 24.0 Å². The molecule has 1 N–H and O–H groups in total. The van der Waals surface area contributed by atoms with Crippen LogP contribution in [0.3, 0.4) is 0 Å². The highest BCUT2D eigenvalue weighted by Gasteiger charge is 2.33. The number of aryl methyl sites for hydroxylation is 1. The van der Waals surface area contributed by atoms with Gasteiger partial charge < -0.3 is 9.84 Å². The van der Waals surface area contributed by atoms with Gasteiger partial charge in [0.25, 0.3) is 5.91 Å². The van der Waals surface area contributed by atoms with Crippen LogP contribution in [0.1, 0.15) is 17.5 Å². The number of fused-ring (bicyclic) bond motifs is 1. The monoisotopic (exact) mass is 335 g/mol. The molecule has 2 aliphatic rings. The summed E-state index contributed by atoms with van der Waals surface area (Å²) in [6, 6.07) is 5.78. The van der Waals surface area contributed by atoms with Gasteiger partial charge in [-0.3, -0.25) is 14.5 Å². The Balaban J connectivity index is 1.85. The molecule has 114 valence electrons. The van der Waals surface area contributed by atoms with E-state index in [4.69, 9.17) is 22.1 Å². The molecule has 1 amide bonds. The smallest absolute Gasteiger partial charge is 0.323 e. The standard InChI is InChI=1S/C15H13NO4S2/c17-13(18)8-16-14(19)12(22-15(16)21)7-9-3-4-11-10(6-9)2-1-5-20-11/h3-4,6-7H,1-2,5,8H2,(H,17,18)/b12-7-. The molecule has 2 aliphatic heterocycles. The zero-order valence-electron chi connectivity index (χ0n) is 11.6. The van der Waals surface area contributed by atoms with E-state index < -0.39 is 12.5 Å². The first kappa shape index (κ1) is 15.1. The summed E-state index contributed by atoms with van der Waals surface area (Å²) < 4.78 is 5.84. The second-order valence-electron chi connectivity index (χ2n) is 4.98. The first-order chi connectivity index (χ1) is 10.5. The minimum Gasteiger partial charge on any atom is -0.493 e. The number of amides is 1. The van der Waals surface area contributed by atoms with E-state index in [1.54, 1.807) is 6.08 Å². The van der Waals surface area contributed by atoms with Gasteiger partial charge in [-0.1, -0.05) is 30.0 Å². The number of hydrogen-bond acceptors (Lipinski definition) is 5. The summed E-state index contributed by atoms with van der Waals surface area (Å²) in [7, 11) is 0. The van der Waals surface area contributed by atoms with Gasteiger partial charge in [0.2, 0.25) is 0 Å². The summed E-state index contributed by atoms with van der Waals surface area (Å²) >= 11 is 6.20. The molecule has 1 fully saturated rings. The van der Waals surface area contributed by atoms with Crippen molar-refractivity contribution in [1.29, 1.82) is 0 Å². The number of carbonyl (C=O) groups is 2. The van der Waals surface area contributed by atoms with E-state index in [1.807, 2.05) is 18.2 Å². The lowest BCUT2D eigenvalue weighted by atomic mass is 10.0. The molecule has 7 heteroatoms. The molecule has 22 heavy (non-hydrogen) atoms. The molecule has 5 nitrogen and oxygen atoms in total. The number of nitrogens with zero attached hydrogens (tertiary/aromatic N) is 1. The number of hydrogen-bond donors (Lipinski definition) is 1. The summed E-state index contributed by atoms with van der Waals surface area (Å²) in [6.07, 6.45) is 3.68.